The van der Waals surface area contributed by atoms with E-state index in [1.807, 2.05) is 6.08 Å². The Hall–Kier alpha value is -0.830. The molecule has 1 aliphatic heterocycles. The molecule has 3 nitrogen and oxygen atoms in total. The van der Waals surface area contributed by atoms with Gasteiger partial charge in [-0.1, -0.05) is 6.08 Å². The van der Waals surface area contributed by atoms with Crippen molar-refractivity contribution in [3.05, 3.63) is 12.3 Å². The first-order valence-corrected chi connectivity index (χ1v) is 2.91. The zero-order chi connectivity index (χ0) is 6.69. The van der Waals surface area contributed by atoms with Gasteiger partial charge in [0.1, 0.15) is 6.73 Å². The lowest BCUT2D eigenvalue weighted by molar-refractivity contribution is -0.131. The molecule has 0 radical (unpaired) electrons. The summed E-state index contributed by atoms with van der Waals surface area (Å²) in [6.07, 6.45) is 4.82. The molecule has 0 aromatic heterocycles. The number of aliphatic hydroxyl groups excluding tert-OH is 1. The number of rotatable bonds is 1. The number of carbonyl (C=O) groups excluding carboxylic acids is 1. The molecule has 1 N–H and O–H groups in total. The largest absolute Gasteiger partial charge is 0.376 e. The Bertz CT molecular complexity index is 142. The van der Waals surface area contributed by atoms with E-state index >= 15 is 0 Å². The average Bonchev–Trinajstić information content (AvgIpc) is 1.89. The molecule has 0 saturated heterocycles. The molecule has 0 fully saturated rings. The predicted octanol–water partition coefficient (Wildman–Crippen LogP) is 0.0723. The topological polar surface area (TPSA) is 40.5 Å². The van der Waals surface area contributed by atoms with Gasteiger partial charge in [0.15, 0.2) is 0 Å². The van der Waals surface area contributed by atoms with Crippen LogP contribution < -0.4 is 0 Å². The molecule has 1 rings (SSSR count). The Morgan fingerprint density at radius 3 is 3.00 bits per heavy atom. The Morgan fingerprint density at radius 2 is 2.56 bits per heavy atom. The molecule has 0 aliphatic carbocycles. The second-order valence-electron chi connectivity index (χ2n) is 1.93. The number of amides is 1. The molecule has 1 aliphatic rings. The van der Waals surface area contributed by atoms with Crippen LogP contribution in [0.15, 0.2) is 12.3 Å². The zero-order valence-electron chi connectivity index (χ0n) is 5.08. The van der Waals surface area contributed by atoms with Gasteiger partial charge in [0.05, 0.1) is 0 Å². The third-order valence-electron chi connectivity index (χ3n) is 1.28. The Kier molecular flexibility index (Phi) is 1.85. The minimum absolute atomic E-state index is 0.000000000000000666. The first-order valence-electron chi connectivity index (χ1n) is 2.91. The summed E-state index contributed by atoms with van der Waals surface area (Å²) < 4.78 is 0. The van der Waals surface area contributed by atoms with Crippen molar-refractivity contribution < 1.29 is 9.90 Å². The smallest absolute Gasteiger partial charge is 0.228 e. The van der Waals surface area contributed by atoms with Crippen LogP contribution >= 0.6 is 0 Å². The molecule has 50 valence electrons. The molecule has 0 spiro atoms. The lowest BCUT2D eigenvalue weighted by Crippen LogP contribution is -2.28. The number of carbonyl (C=O) groups is 1. The van der Waals surface area contributed by atoms with Gasteiger partial charge in [-0.15, -0.1) is 0 Å². The van der Waals surface area contributed by atoms with Crippen molar-refractivity contribution in [1.29, 1.82) is 0 Å². The fourth-order valence-electron chi connectivity index (χ4n) is 0.761. The van der Waals surface area contributed by atoms with Crippen LogP contribution in [0.3, 0.4) is 0 Å². The van der Waals surface area contributed by atoms with Gasteiger partial charge in [-0.2, -0.15) is 0 Å². The normalized spacial score (nSPS) is 18.8. The van der Waals surface area contributed by atoms with Crippen molar-refractivity contribution in [2.45, 2.75) is 12.8 Å². The summed E-state index contributed by atoms with van der Waals surface area (Å²) in [4.78, 5) is 12.0. The van der Waals surface area contributed by atoms with Gasteiger partial charge in [-0.05, 0) is 6.42 Å². The van der Waals surface area contributed by atoms with Gasteiger partial charge < -0.3 is 5.11 Å². The Balaban J connectivity index is 2.57. The van der Waals surface area contributed by atoms with E-state index in [0.29, 0.717) is 6.42 Å². The highest BCUT2D eigenvalue weighted by Crippen LogP contribution is 2.05. The fourth-order valence-corrected chi connectivity index (χ4v) is 0.761. The van der Waals surface area contributed by atoms with Crippen molar-refractivity contribution in [3.8, 4) is 0 Å². The van der Waals surface area contributed by atoms with Crippen molar-refractivity contribution >= 4 is 5.91 Å². The number of aliphatic hydroxyl groups is 1. The molecule has 1 heterocycles. The number of nitrogens with zero attached hydrogens (tertiary/aromatic N) is 1. The molecule has 9 heavy (non-hydrogen) atoms. The van der Waals surface area contributed by atoms with E-state index in [1.54, 1.807) is 6.20 Å². The minimum Gasteiger partial charge on any atom is -0.376 e. The lowest BCUT2D eigenvalue weighted by Gasteiger charge is -2.17. The van der Waals surface area contributed by atoms with Crippen LogP contribution in [0.5, 0.6) is 0 Å². The van der Waals surface area contributed by atoms with Gasteiger partial charge in [-0.25, -0.2) is 0 Å². The molecule has 0 saturated carbocycles. The van der Waals surface area contributed by atoms with Crippen LogP contribution in [0.25, 0.3) is 0 Å². The maximum absolute atomic E-state index is 10.7. The lowest BCUT2D eigenvalue weighted by atomic mass is 10.2. The van der Waals surface area contributed by atoms with Gasteiger partial charge in [0, 0.05) is 12.6 Å². The van der Waals surface area contributed by atoms with Gasteiger partial charge in [0.2, 0.25) is 5.91 Å². The van der Waals surface area contributed by atoms with Crippen LogP contribution in [-0.2, 0) is 4.79 Å². The molecule has 0 unspecified atom stereocenters. The molecular formula is C6H9NO2. The zero-order valence-corrected chi connectivity index (χ0v) is 5.08. The van der Waals surface area contributed by atoms with E-state index in [9.17, 15) is 4.79 Å². The minimum atomic E-state index is -0.199. The number of allylic oxidation sites excluding steroid dienone is 1. The third-order valence-corrected chi connectivity index (χ3v) is 1.28. The third kappa shape index (κ3) is 1.29. The van der Waals surface area contributed by atoms with Crippen molar-refractivity contribution in [2.75, 3.05) is 6.73 Å². The fraction of sp³-hybridized carbons (Fsp3) is 0.500. The van der Waals surface area contributed by atoms with Gasteiger partial charge in [0.25, 0.3) is 0 Å². The van der Waals surface area contributed by atoms with E-state index in [2.05, 4.69) is 0 Å². The first kappa shape index (κ1) is 6.29. The summed E-state index contributed by atoms with van der Waals surface area (Å²) in [7, 11) is 0. The van der Waals surface area contributed by atoms with Crippen LogP contribution in [0.2, 0.25) is 0 Å². The summed E-state index contributed by atoms with van der Waals surface area (Å²) >= 11 is 0. The highest BCUT2D eigenvalue weighted by Gasteiger charge is 2.10. The molecule has 1 amide bonds. The van der Waals surface area contributed by atoms with Crippen molar-refractivity contribution in [2.24, 2.45) is 0 Å². The predicted molar refractivity (Wildman–Crippen MR) is 32.3 cm³/mol. The summed E-state index contributed by atoms with van der Waals surface area (Å²) in [5.41, 5.74) is 0. The standard InChI is InChI=1S/C6H9NO2/c8-5-7-4-2-1-3-6(7)9/h2,4,8H,1,3,5H2. The molecule has 3 heteroatoms. The molecule has 0 atom stereocenters. The molecule has 0 aromatic carbocycles. The van der Waals surface area contributed by atoms with E-state index in [-0.39, 0.29) is 12.6 Å². The van der Waals surface area contributed by atoms with Gasteiger partial charge in [-0.3, -0.25) is 9.69 Å². The monoisotopic (exact) mass is 127 g/mol. The van der Waals surface area contributed by atoms with E-state index in [1.165, 1.54) is 4.90 Å². The van der Waals surface area contributed by atoms with Crippen LogP contribution in [0.4, 0.5) is 0 Å². The second-order valence-corrected chi connectivity index (χ2v) is 1.93. The Labute approximate surface area is 53.6 Å². The summed E-state index contributed by atoms with van der Waals surface area (Å²) in [6.45, 7) is -0.199. The summed E-state index contributed by atoms with van der Waals surface area (Å²) in [5.74, 6) is 0.000000000000000666. The summed E-state index contributed by atoms with van der Waals surface area (Å²) in [5, 5.41) is 8.52. The van der Waals surface area contributed by atoms with Crippen molar-refractivity contribution in [1.82, 2.24) is 4.90 Å². The van der Waals surface area contributed by atoms with E-state index in [4.69, 9.17) is 5.11 Å². The molecule has 0 bridgehead atoms. The van der Waals surface area contributed by atoms with E-state index < -0.39 is 0 Å². The van der Waals surface area contributed by atoms with Gasteiger partial charge >= 0.3 is 0 Å². The maximum atomic E-state index is 10.7. The highest BCUT2D eigenvalue weighted by molar-refractivity contribution is 5.78. The average molecular weight is 127 g/mol. The number of hydrogen-bond donors (Lipinski definition) is 1. The van der Waals surface area contributed by atoms with E-state index in [0.717, 1.165) is 6.42 Å². The maximum Gasteiger partial charge on any atom is 0.228 e. The quantitative estimate of drug-likeness (QED) is 0.541. The van der Waals surface area contributed by atoms with Crippen molar-refractivity contribution in [3.63, 3.8) is 0 Å². The second kappa shape index (κ2) is 2.64. The highest BCUT2D eigenvalue weighted by atomic mass is 16.3. The van der Waals surface area contributed by atoms with Crippen LogP contribution in [-0.4, -0.2) is 22.6 Å². The summed E-state index contributed by atoms with van der Waals surface area (Å²) in [6, 6.07) is 0. The van der Waals surface area contributed by atoms with Crippen LogP contribution in [0.1, 0.15) is 12.8 Å². The number of hydrogen-bond acceptors (Lipinski definition) is 2. The molecule has 0 aromatic rings. The first-order chi connectivity index (χ1) is 4.34. The molecular weight excluding hydrogens is 118 g/mol. The Morgan fingerprint density at radius 1 is 1.78 bits per heavy atom. The van der Waals surface area contributed by atoms with Crippen LogP contribution in [0, 0.1) is 0 Å². The SMILES string of the molecule is O=C1CCC=CN1CO.